The number of piperidine rings is 1. The van der Waals surface area contributed by atoms with Crippen LogP contribution in [-0.4, -0.2) is 49.5 Å². The molecule has 9 heteroatoms. The number of carboxylic acids is 1. The molecule has 0 saturated carbocycles. The van der Waals surface area contributed by atoms with Crippen molar-refractivity contribution in [2.45, 2.75) is 19.4 Å². The Labute approximate surface area is 142 Å². The molecule has 1 aromatic carbocycles. The quantitative estimate of drug-likeness (QED) is 0.477. The van der Waals surface area contributed by atoms with Crippen LogP contribution >= 0.6 is 11.3 Å². The molecule has 1 atom stereocenters. The summed E-state index contributed by atoms with van der Waals surface area (Å²) in [5.74, 6) is -1.17. The molecule has 0 radical (unpaired) electrons. The van der Waals surface area contributed by atoms with Crippen molar-refractivity contribution in [2.75, 3.05) is 18.4 Å². The van der Waals surface area contributed by atoms with Crippen molar-refractivity contribution < 1.29 is 20.1 Å². The number of benzene rings is 1. The smallest absolute Gasteiger partial charge is 0.307 e. The summed E-state index contributed by atoms with van der Waals surface area (Å²) in [6.45, 7) is 1.94. The van der Waals surface area contributed by atoms with Crippen LogP contribution in [0.5, 0.6) is 11.5 Å². The molecule has 1 unspecified atom stereocenters. The fourth-order valence-electron chi connectivity index (χ4n) is 2.70. The summed E-state index contributed by atoms with van der Waals surface area (Å²) in [4.78, 5) is 13.2. The van der Waals surface area contributed by atoms with Gasteiger partial charge in [-0.2, -0.15) is 0 Å². The first-order valence-corrected chi connectivity index (χ1v) is 8.39. The molecule has 4 N–H and O–H groups in total. The second-order valence-corrected chi connectivity index (χ2v) is 6.80. The zero-order valence-corrected chi connectivity index (χ0v) is 13.7. The molecular formula is C15H18N4O4S. The van der Waals surface area contributed by atoms with Crippen LogP contribution in [0.15, 0.2) is 18.2 Å². The molecule has 1 aromatic heterocycles. The predicted octanol–water partition coefficient (Wildman–Crippen LogP) is 1.99. The van der Waals surface area contributed by atoms with Crippen molar-refractivity contribution in [3.05, 3.63) is 23.2 Å². The Morgan fingerprint density at radius 3 is 2.96 bits per heavy atom. The Morgan fingerprint density at radius 1 is 1.38 bits per heavy atom. The van der Waals surface area contributed by atoms with E-state index in [0.29, 0.717) is 23.9 Å². The highest BCUT2D eigenvalue weighted by Crippen LogP contribution is 2.31. The number of phenols is 2. The lowest BCUT2D eigenvalue weighted by Crippen LogP contribution is -2.38. The summed E-state index contributed by atoms with van der Waals surface area (Å²) in [6.07, 6.45) is 1.58. The first kappa shape index (κ1) is 16.5. The molecule has 2 heterocycles. The Kier molecular flexibility index (Phi) is 4.81. The Morgan fingerprint density at radius 2 is 2.21 bits per heavy atom. The minimum atomic E-state index is -0.748. The zero-order valence-electron chi connectivity index (χ0n) is 12.8. The van der Waals surface area contributed by atoms with Gasteiger partial charge < -0.3 is 20.6 Å². The van der Waals surface area contributed by atoms with Crippen LogP contribution in [0.25, 0.3) is 0 Å². The molecule has 0 aliphatic carbocycles. The van der Waals surface area contributed by atoms with E-state index in [2.05, 4.69) is 20.4 Å². The number of carboxylic acid groups (broad SMARTS) is 1. The fraction of sp³-hybridized carbons (Fsp3) is 0.400. The normalized spacial score (nSPS) is 18.4. The molecule has 2 aromatic rings. The summed E-state index contributed by atoms with van der Waals surface area (Å²) < 4.78 is 0. The SMILES string of the molecule is O=C(O)C1CCCN(Cc2nnc(Nc3ccc(O)cc3O)s2)C1. The minimum absolute atomic E-state index is 0.0194. The maximum absolute atomic E-state index is 11.1. The second kappa shape index (κ2) is 7.02. The molecule has 3 rings (SSSR count). The van der Waals surface area contributed by atoms with Gasteiger partial charge in [0.2, 0.25) is 5.13 Å². The molecule has 24 heavy (non-hydrogen) atoms. The fourth-order valence-corrected chi connectivity index (χ4v) is 3.50. The second-order valence-electron chi connectivity index (χ2n) is 5.74. The summed E-state index contributed by atoms with van der Waals surface area (Å²) in [5, 5.41) is 40.6. The van der Waals surface area contributed by atoms with E-state index in [0.717, 1.165) is 24.4 Å². The number of phenolic OH excluding ortho intramolecular Hbond substituents is 2. The van der Waals surface area contributed by atoms with Gasteiger partial charge in [0.05, 0.1) is 18.2 Å². The third-order valence-electron chi connectivity index (χ3n) is 3.90. The van der Waals surface area contributed by atoms with Gasteiger partial charge in [0.1, 0.15) is 16.5 Å². The third kappa shape index (κ3) is 3.92. The Balaban J connectivity index is 1.62. The average molecular weight is 350 g/mol. The Bertz CT molecular complexity index is 736. The van der Waals surface area contributed by atoms with Gasteiger partial charge in [-0.1, -0.05) is 11.3 Å². The van der Waals surface area contributed by atoms with Gasteiger partial charge in [0.25, 0.3) is 0 Å². The number of nitrogens with one attached hydrogen (secondary N) is 1. The summed E-state index contributed by atoms with van der Waals surface area (Å²) >= 11 is 1.35. The number of aromatic nitrogens is 2. The van der Waals surface area contributed by atoms with Crippen molar-refractivity contribution in [1.29, 1.82) is 0 Å². The zero-order chi connectivity index (χ0) is 17.1. The molecule has 0 amide bonds. The van der Waals surface area contributed by atoms with E-state index in [-0.39, 0.29) is 17.4 Å². The van der Waals surface area contributed by atoms with Gasteiger partial charge in [0, 0.05) is 12.6 Å². The van der Waals surface area contributed by atoms with E-state index in [1.807, 2.05) is 0 Å². The molecule has 1 aliphatic heterocycles. The monoisotopic (exact) mass is 350 g/mol. The number of anilines is 2. The van der Waals surface area contributed by atoms with Gasteiger partial charge in [-0.25, -0.2) is 0 Å². The molecule has 8 nitrogen and oxygen atoms in total. The third-order valence-corrected chi connectivity index (χ3v) is 4.73. The first-order chi connectivity index (χ1) is 11.5. The first-order valence-electron chi connectivity index (χ1n) is 7.58. The van der Waals surface area contributed by atoms with Crippen LogP contribution in [0.4, 0.5) is 10.8 Å². The standard InChI is InChI=1S/C15H18N4O4S/c20-10-3-4-11(12(21)6-10)16-15-18-17-13(24-15)8-19-5-1-2-9(7-19)14(22)23/h3-4,6,9,20-21H,1-2,5,7-8H2,(H,16,18)(H,22,23). The van der Waals surface area contributed by atoms with E-state index in [1.165, 1.54) is 23.5 Å². The molecule has 128 valence electrons. The summed E-state index contributed by atoms with van der Waals surface area (Å²) in [6, 6.07) is 4.25. The number of hydrogen-bond acceptors (Lipinski definition) is 8. The number of rotatable bonds is 5. The van der Waals surface area contributed by atoms with E-state index in [9.17, 15) is 15.0 Å². The Hall–Kier alpha value is -2.39. The van der Waals surface area contributed by atoms with Crippen LogP contribution in [0.3, 0.4) is 0 Å². The summed E-state index contributed by atoms with van der Waals surface area (Å²) in [7, 11) is 0. The predicted molar refractivity (Wildman–Crippen MR) is 88.6 cm³/mol. The van der Waals surface area contributed by atoms with Crippen LogP contribution in [0.1, 0.15) is 17.8 Å². The van der Waals surface area contributed by atoms with Crippen LogP contribution < -0.4 is 5.32 Å². The van der Waals surface area contributed by atoms with Gasteiger partial charge in [-0.05, 0) is 31.5 Å². The molecule has 1 saturated heterocycles. The van der Waals surface area contributed by atoms with Gasteiger partial charge in [-0.15, -0.1) is 10.2 Å². The number of likely N-dealkylation sites (tertiary alicyclic amines) is 1. The van der Waals surface area contributed by atoms with E-state index in [1.54, 1.807) is 6.07 Å². The number of aliphatic carboxylic acids is 1. The maximum atomic E-state index is 11.1. The van der Waals surface area contributed by atoms with Crippen LogP contribution in [0.2, 0.25) is 0 Å². The molecule has 0 bridgehead atoms. The lowest BCUT2D eigenvalue weighted by atomic mass is 9.98. The largest absolute Gasteiger partial charge is 0.508 e. The molecule has 1 fully saturated rings. The van der Waals surface area contributed by atoms with Crippen molar-refractivity contribution in [1.82, 2.24) is 15.1 Å². The van der Waals surface area contributed by atoms with E-state index < -0.39 is 5.97 Å². The number of nitrogens with zero attached hydrogens (tertiary/aromatic N) is 3. The molecule has 0 spiro atoms. The van der Waals surface area contributed by atoms with Crippen molar-refractivity contribution in [2.24, 2.45) is 5.92 Å². The minimum Gasteiger partial charge on any atom is -0.508 e. The van der Waals surface area contributed by atoms with Crippen LogP contribution in [-0.2, 0) is 11.3 Å². The maximum Gasteiger partial charge on any atom is 0.307 e. The van der Waals surface area contributed by atoms with Gasteiger partial charge >= 0.3 is 5.97 Å². The lowest BCUT2D eigenvalue weighted by molar-refractivity contribution is -0.143. The van der Waals surface area contributed by atoms with E-state index in [4.69, 9.17) is 5.11 Å². The molecule has 1 aliphatic rings. The van der Waals surface area contributed by atoms with Gasteiger partial charge in [-0.3, -0.25) is 9.69 Å². The average Bonchev–Trinajstić information content (AvgIpc) is 2.97. The highest BCUT2D eigenvalue weighted by molar-refractivity contribution is 7.15. The number of hydrogen-bond donors (Lipinski definition) is 4. The van der Waals surface area contributed by atoms with Crippen molar-refractivity contribution >= 4 is 28.1 Å². The topological polar surface area (TPSA) is 119 Å². The van der Waals surface area contributed by atoms with Gasteiger partial charge in [0.15, 0.2) is 0 Å². The molecular weight excluding hydrogens is 332 g/mol. The summed E-state index contributed by atoms with van der Waals surface area (Å²) in [5.41, 5.74) is 0.430. The van der Waals surface area contributed by atoms with Crippen molar-refractivity contribution in [3.8, 4) is 11.5 Å². The number of carbonyl (C=O) groups is 1. The lowest BCUT2D eigenvalue weighted by Gasteiger charge is -2.29. The van der Waals surface area contributed by atoms with Crippen LogP contribution in [0, 0.1) is 5.92 Å². The highest BCUT2D eigenvalue weighted by atomic mass is 32.1. The number of aromatic hydroxyl groups is 2. The van der Waals surface area contributed by atoms with E-state index >= 15 is 0 Å². The van der Waals surface area contributed by atoms with Crippen molar-refractivity contribution in [3.63, 3.8) is 0 Å². The highest BCUT2D eigenvalue weighted by Gasteiger charge is 2.26.